The first-order chi connectivity index (χ1) is 12.3. The lowest BCUT2D eigenvalue weighted by Gasteiger charge is -2.23. The van der Waals surface area contributed by atoms with E-state index in [-0.39, 0.29) is 12.1 Å². The van der Waals surface area contributed by atoms with Crippen molar-refractivity contribution in [3.63, 3.8) is 0 Å². The number of benzene rings is 1. The monoisotopic (exact) mass is 362 g/mol. The third-order valence-corrected chi connectivity index (χ3v) is 4.87. The van der Waals surface area contributed by atoms with Crippen LogP contribution in [0.5, 0.6) is 5.75 Å². The first-order valence-electron chi connectivity index (χ1n) is 9.82. The molecule has 0 bridgehead atoms. The van der Waals surface area contributed by atoms with Gasteiger partial charge in [-0.2, -0.15) is 0 Å². The minimum atomic E-state index is -0.677. The second kappa shape index (κ2) is 9.40. The predicted molar refractivity (Wildman–Crippen MR) is 103 cm³/mol. The molecule has 0 spiro atoms. The van der Waals surface area contributed by atoms with E-state index in [9.17, 15) is 4.79 Å². The Balaban J connectivity index is 1.87. The second-order valence-electron chi connectivity index (χ2n) is 8.18. The van der Waals surface area contributed by atoms with Gasteiger partial charge in [0.25, 0.3) is 0 Å². The second-order valence-corrected chi connectivity index (χ2v) is 8.18. The number of hydrogen-bond donors (Lipinski definition) is 0. The molecule has 26 heavy (non-hydrogen) atoms. The Hall–Kier alpha value is -1.55. The Morgan fingerprint density at radius 3 is 2.35 bits per heavy atom. The normalized spacial score (nSPS) is 20.3. The summed E-state index contributed by atoms with van der Waals surface area (Å²) in [5.41, 5.74) is 0.648. The summed E-state index contributed by atoms with van der Waals surface area (Å²) in [5.74, 6) is 1.80. The van der Waals surface area contributed by atoms with Crippen molar-refractivity contribution < 1.29 is 19.0 Å². The number of carbonyl (C=O) groups excluding carboxylic acids is 1. The smallest absolute Gasteiger partial charge is 0.341 e. The molecule has 0 aromatic heterocycles. The zero-order valence-corrected chi connectivity index (χ0v) is 16.9. The molecule has 2 unspecified atom stereocenters. The van der Waals surface area contributed by atoms with Crippen molar-refractivity contribution in [1.82, 2.24) is 0 Å². The number of rotatable bonds is 11. The molecule has 1 fully saturated rings. The highest BCUT2D eigenvalue weighted by atomic mass is 16.6. The van der Waals surface area contributed by atoms with Crippen LogP contribution < -0.4 is 4.74 Å². The van der Waals surface area contributed by atoms with Crippen LogP contribution in [0.3, 0.4) is 0 Å². The molecule has 0 amide bonds. The van der Waals surface area contributed by atoms with Crippen molar-refractivity contribution in [1.29, 1.82) is 0 Å². The van der Waals surface area contributed by atoms with Crippen LogP contribution in [-0.2, 0) is 20.7 Å². The number of aryl methyl sites for hydroxylation is 1. The SMILES string of the molecule is COc1ccc(CCCC(CC(C)C)CC2(C(=O)OC(C)C)CO2)cc1. The van der Waals surface area contributed by atoms with E-state index in [0.29, 0.717) is 18.4 Å². The molecular formula is C22H34O4. The fourth-order valence-corrected chi connectivity index (χ4v) is 3.55. The first-order valence-corrected chi connectivity index (χ1v) is 9.82. The van der Waals surface area contributed by atoms with Crippen molar-refractivity contribution in [2.24, 2.45) is 11.8 Å². The van der Waals surface area contributed by atoms with Gasteiger partial charge in [0.05, 0.1) is 19.8 Å². The third kappa shape index (κ3) is 6.31. The number of methoxy groups -OCH3 is 1. The average Bonchev–Trinajstić information content (AvgIpc) is 3.35. The van der Waals surface area contributed by atoms with Crippen LogP contribution >= 0.6 is 0 Å². The Labute approximate surface area is 158 Å². The van der Waals surface area contributed by atoms with Crippen LogP contribution in [0.1, 0.15) is 58.9 Å². The zero-order chi connectivity index (χ0) is 19.2. The molecular weight excluding hydrogens is 328 g/mol. The van der Waals surface area contributed by atoms with Crippen molar-refractivity contribution in [3.05, 3.63) is 29.8 Å². The number of esters is 1. The van der Waals surface area contributed by atoms with E-state index in [1.54, 1.807) is 7.11 Å². The molecule has 1 aromatic rings. The molecule has 1 aliphatic rings. The predicted octanol–water partition coefficient (Wildman–Crippen LogP) is 4.79. The quantitative estimate of drug-likeness (QED) is 0.419. The first kappa shape index (κ1) is 20.8. The van der Waals surface area contributed by atoms with Gasteiger partial charge in [0.1, 0.15) is 5.75 Å². The van der Waals surface area contributed by atoms with E-state index in [0.717, 1.165) is 37.9 Å². The summed E-state index contributed by atoms with van der Waals surface area (Å²) in [4.78, 5) is 12.4. The molecule has 1 aliphatic heterocycles. The lowest BCUT2D eigenvalue weighted by atomic mass is 9.84. The molecule has 1 heterocycles. The van der Waals surface area contributed by atoms with Crippen LogP contribution in [0, 0.1) is 11.8 Å². The van der Waals surface area contributed by atoms with Crippen LogP contribution in [0.2, 0.25) is 0 Å². The molecule has 0 aliphatic carbocycles. The number of ether oxygens (including phenoxy) is 3. The topological polar surface area (TPSA) is 48.1 Å². The summed E-state index contributed by atoms with van der Waals surface area (Å²) < 4.78 is 16.2. The minimum absolute atomic E-state index is 0.0952. The highest BCUT2D eigenvalue weighted by Gasteiger charge is 2.54. The van der Waals surface area contributed by atoms with E-state index >= 15 is 0 Å². The Bertz CT molecular complexity index is 558. The molecule has 0 N–H and O–H groups in total. The van der Waals surface area contributed by atoms with E-state index in [1.165, 1.54) is 5.56 Å². The van der Waals surface area contributed by atoms with Gasteiger partial charge in [-0.3, -0.25) is 0 Å². The summed E-state index contributed by atoms with van der Waals surface area (Å²) in [5, 5.41) is 0. The van der Waals surface area contributed by atoms with Gasteiger partial charge in [-0.1, -0.05) is 26.0 Å². The molecule has 146 valence electrons. The van der Waals surface area contributed by atoms with Gasteiger partial charge in [0.15, 0.2) is 5.60 Å². The molecule has 0 radical (unpaired) electrons. The third-order valence-electron chi connectivity index (χ3n) is 4.87. The van der Waals surface area contributed by atoms with E-state index in [1.807, 2.05) is 26.0 Å². The Morgan fingerprint density at radius 1 is 1.19 bits per heavy atom. The average molecular weight is 363 g/mol. The fourth-order valence-electron chi connectivity index (χ4n) is 3.55. The van der Waals surface area contributed by atoms with Gasteiger partial charge in [-0.05, 0) is 75.5 Å². The van der Waals surface area contributed by atoms with Gasteiger partial charge in [-0.25, -0.2) is 4.79 Å². The highest BCUT2D eigenvalue weighted by molar-refractivity contribution is 5.82. The minimum Gasteiger partial charge on any atom is -0.497 e. The maximum Gasteiger partial charge on any atom is 0.341 e. The molecule has 2 rings (SSSR count). The number of hydrogen-bond acceptors (Lipinski definition) is 4. The summed E-state index contributed by atoms with van der Waals surface area (Å²) in [6.07, 6.45) is 5.05. The van der Waals surface area contributed by atoms with Gasteiger partial charge in [-0.15, -0.1) is 0 Å². The Kier molecular flexibility index (Phi) is 7.51. The maximum atomic E-state index is 12.4. The van der Waals surface area contributed by atoms with E-state index < -0.39 is 5.60 Å². The van der Waals surface area contributed by atoms with Crippen LogP contribution in [-0.4, -0.2) is 31.4 Å². The summed E-state index contributed by atoms with van der Waals surface area (Å²) >= 11 is 0. The van der Waals surface area contributed by atoms with Crippen molar-refractivity contribution in [2.75, 3.05) is 13.7 Å². The molecule has 0 saturated carbocycles. The standard InChI is InChI=1S/C22H34O4/c1-16(2)13-19(14-22(15-25-22)21(23)26-17(3)4)8-6-7-18-9-11-20(24-5)12-10-18/h9-12,16-17,19H,6-8,13-15H2,1-5H3. The molecule has 1 saturated heterocycles. The van der Waals surface area contributed by atoms with Gasteiger partial charge in [0.2, 0.25) is 0 Å². The zero-order valence-electron chi connectivity index (χ0n) is 16.9. The summed E-state index contributed by atoms with van der Waals surface area (Å²) in [6, 6.07) is 8.27. The van der Waals surface area contributed by atoms with Gasteiger partial charge >= 0.3 is 5.97 Å². The summed E-state index contributed by atoms with van der Waals surface area (Å²) in [7, 11) is 1.69. The largest absolute Gasteiger partial charge is 0.497 e. The Morgan fingerprint density at radius 2 is 1.85 bits per heavy atom. The van der Waals surface area contributed by atoms with Crippen LogP contribution in [0.25, 0.3) is 0 Å². The molecule has 2 atom stereocenters. The molecule has 1 aromatic carbocycles. The van der Waals surface area contributed by atoms with Crippen LogP contribution in [0.4, 0.5) is 0 Å². The lowest BCUT2D eigenvalue weighted by molar-refractivity contribution is -0.154. The van der Waals surface area contributed by atoms with Crippen molar-refractivity contribution >= 4 is 5.97 Å². The van der Waals surface area contributed by atoms with Crippen LogP contribution in [0.15, 0.2) is 24.3 Å². The van der Waals surface area contributed by atoms with E-state index in [4.69, 9.17) is 14.2 Å². The maximum absolute atomic E-state index is 12.4. The summed E-state index contributed by atoms with van der Waals surface area (Å²) in [6.45, 7) is 8.75. The lowest BCUT2D eigenvalue weighted by Crippen LogP contribution is -2.32. The number of carbonyl (C=O) groups is 1. The molecule has 4 heteroatoms. The van der Waals surface area contributed by atoms with Crippen molar-refractivity contribution in [2.45, 2.75) is 71.5 Å². The van der Waals surface area contributed by atoms with Gasteiger partial charge in [0, 0.05) is 0 Å². The molecule has 4 nitrogen and oxygen atoms in total. The van der Waals surface area contributed by atoms with Crippen molar-refractivity contribution in [3.8, 4) is 5.75 Å². The highest BCUT2D eigenvalue weighted by Crippen LogP contribution is 2.39. The number of epoxide rings is 1. The van der Waals surface area contributed by atoms with Gasteiger partial charge < -0.3 is 14.2 Å². The fraction of sp³-hybridized carbons (Fsp3) is 0.682. The van der Waals surface area contributed by atoms with E-state index in [2.05, 4.69) is 26.0 Å².